The highest BCUT2D eigenvalue weighted by molar-refractivity contribution is 6.31. The van der Waals surface area contributed by atoms with Gasteiger partial charge in [-0.05, 0) is 62.6 Å². The Morgan fingerprint density at radius 3 is 2.49 bits per heavy atom. The fraction of sp³-hybridized carbons (Fsp3) is 0.148. The van der Waals surface area contributed by atoms with Crippen LogP contribution in [0.25, 0.3) is 22.0 Å². The monoisotopic (exact) mass is 517 g/mol. The van der Waals surface area contributed by atoms with Crippen molar-refractivity contribution in [2.24, 2.45) is 4.99 Å². The zero-order chi connectivity index (χ0) is 26.3. The lowest BCUT2D eigenvalue weighted by molar-refractivity contribution is -0.118. The highest BCUT2D eigenvalue weighted by Crippen LogP contribution is 2.33. The molecule has 3 N–H and O–H groups in total. The maximum atomic E-state index is 12.4. The molecule has 0 unspecified atom stereocenters. The van der Waals surface area contributed by atoms with E-state index in [1.54, 1.807) is 54.4 Å². The average Bonchev–Trinajstić information content (AvgIpc) is 3.38. The number of halogens is 1. The molecule has 0 aliphatic rings. The molecule has 0 radical (unpaired) electrons. The minimum atomic E-state index is -0.557. The number of amides is 1. The highest BCUT2D eigenvalue weighted by atomic mass is 35.5. The maximum absolute atomic E-state index is 12.4. The molecule has 3 aromatic carbocycles. The van der Waals surface area contributed by atoms with Gasteiger partial charge >= 0.3 is 5.76 Å². The zero-order valence-corrected chi connectivity index (χ0v) is 21.1. The van der Waals surface area contributed by atoms with Crippen molar-refractivity contribution in [3.05, 3.63) is 87.4 Å². The molecule has 2 heterocycles. The number of aromatic nitrogens is 2. The third kappa shape index (κ3) is 4.87. The van der Waals surface area contributed by atoms with Gasteiger partial charge in [-0.1, -0.05) is 23.7 Å². The van der Waals surface area contributed by atoms with Gasteiger partial charge in [-0.2, -0.15) is 0 Å². The van der Waals surface area contributed by atoms with Gasteiger partial charge in [0.05, 0.1) is 34.5 Å². The number of oxazole rings is 1. The molecule has 1 amide bonds. The molecule has 0 saturated heterocycles. The Kier molecular flexibility index (Phi) is 6.32. The van der Waals surface area contributed by atoms with Crippen LogP contribution in [0.1, 0.15) is 11.1 Å². The van der Waals surface area contributed by atoms with Crippen molar-refractivity contribution >= 4 is 56.6 Å². The summed E-state index contributed by atoms with van der Waals surface area (Å²) in [6.45, 7) is 0.294. The highest BCUT2D eigenvalue weighted by Gasteiger charge is 2.20. The van der Waals surface area contributed by atoms with Gasteiger partial charge in [0, 0.05) is 28.7 Å². The summed E-state index contributed by atoms with van der Waals surface area (Å²) in [5.41, 5.74) is 4.47. The largest absolute Gasteiger partial charge is 0.494 e. The number of nitrogens with one attached hydrogen (secondary N) is 2. The summed E-state index contributed by atoms with van der Waals surface area (Å²) in [7, 11) is 5.41. The molecule has 0 atom stereocenters. The van der Waals surface area contributed by atoms with Crippen LogP contribution in [0.4, 0.5) is 11.4 Å². The molecule has 9 nitrogen and oxygen atoms in total. The second-order valence-electron chi connectivity index (χ2n) is 8.93. The van der Waals surface area contributed by atoms with Crippen LogP contribution in [0.3, 0.4) is 0 Å². The van der Waals surface area contributed by atoms with E-state index in [0.717, 1.165) is 11.1 Å². The second-order valence-corrected chi connectivity index (χ2v) is 9.37. The van der Waals surface area contributed by atoms with Crippen molar-refractivity contribution in [3.63, 3.8) is 0 Å². The van der Waals surface area contributed by atoms with E-state index in [-0.39, 0.29) is 11.8 Å². The summed E-state index contributed by atoms with van der Waals surface area (Å²) in [6.07, 6.45) is 0. The van der Waals surface area contributed by atoms with Crippen molar-refractivity contribution in [1.29, 1.82) is 0 Å². The van der Waals surface area contributed by atoms with Crippen LogP contribution in [-0.4, -0.2) is 59.3 Å². The van der Waals surface area contributed by atoms with Crippen LogP contribution < -0.4 is 10.7 Å². The van der Waals surface area contributed by atoms with Gasteiger partial charge in [-0.25, -0.2) is 9.79 Å². The number of fused-ring (bicyclic) bond motifs is 2. The van der Waals surface area contributed by atoms with E-state index >= 15 is 0 Å². The van der Waals surface area contributed by atoms with Crippen molar-refractivity contribution in [1.82, 2.24) is 14.9 Å². The quantitative estimate of drug-likeness (QED) is 0.283. The molecule has 2 aromatic heterocycles. The number of carbonyl (C=O) groups excluding carboxylic acids is 1. The van der Waals surface area contributed by atoms with E-state index < -0.39 is 5.76 Å². The number of benzene rings is 3. The number of likely N-dealkylation sites (N-methyl/N-ethyl adjacent to an activating group) is 2. The van der Waals surface area contributed by atoms with E-state index in [1.165, 1.54) is 0 Å². The molecule has 5 rings (SSSR count). The molecule has 10 heteroatoms. The molecule has 0 spiro atoms. The Morgan fingerprint density at radius 1 is 1.00 bits per heavy atom. The minimum Gasteiger partial charge on any atom is -0.494 e. The Labute approximate surface area is 216 Å². The van der Waals surface area contributed by atoms with Crippen LogP contribution in [0.5, 0.6) is 5.88 Å². The van der Waals surface area contributed by atoms with Crippen molar-refractivity contribution in [2.45, 2.75) is 0 Å². The molecule has 0 saturated carbocycles. The number of aromatic hydroxyl groups is 1. The number of rotatable bonds is 6. The van der Waals surface area contributed by atoms with Gasteiger partial charge in [-0.3, -0.25) is 9.78 Å². The predicted molar refractivity (Wildman–Crippen MR) is 146 cm³/mol. The number of nitrogens with zero attached hydrogens (tertiary/aromatic N) is 3. The van der Waals surface area contributed by atoms with E-state index in [0.29, 0.717) is 50.7 Å². The Balaban J connectivity index is 1.63. The fourth-order valence-electron chi connectivity index (χ4n) is 4.15. The van der Waals surface area contributed by atoms with Gasteiger partial charge < -0.3 is 24.3 Å². The summed E-state index contributed by atoms with van der Waals surface area (Å²) in [5.74, 6) is -0.665. The first-order chi connectivity index (χ1) is 17.7. The first-order valence-corrected chi connectivity index (χ1v) is 11.8. The number of hydrogen-bond donors (Lipinski definition) is 3. The maximum Gasteiger partial charge on any atom is 0.417 e. The molecule has 0 fully saturated rings. The van der Waals surface area contributed by atoms with Crippen LogP contribution in [0.15, 0.2) is 74.9 Å². The molecule has 188 valence electrons. The molecule has 0 aliphatic heterocycles. The molecule has 0 bridgehead atoms. The summed E-state index contributed by atoms with van der Waals surface area (Å²) in [5, 5.41) is 12.1. The van der Waals surface area contributed by atoms with E-state index in [1.807, 2.05) is 37.2 Å². The van der Waals surface area contributed by atoms with Gasteiger partial charge in [0.2, 0.25) is 5.91 Å². The first kappa shape index (κ1) is 24.4. The Bertz CT molecular complexity index is 1710. The van der Waals surface area contributed by atoms with Crippen molar-refractivity contribution in [2.75, 3.05) is 32.6 Å². The number of anilines is 1. The Hall–Kier alpha value is -4.34. The number of aromatic amines is 2. The third-order valence-corrected chi connectivity index (χ3v) is 6.21. The van der Waals surface area contributed by atoms with Gasteiger partial charge in [0.25, 0.3) is 0 Å². The molecular formula is C27H24ClN5O4. The number of H-pyrrole nitrogens is 2. The topological polar surface area (TPSA) is 118 Å². The van der Waals surface area contributed by atoms with Gasteiger partial charge in [0.1, 0.15) is 0 Å². The van der Waals surface area contributed by atoms with E-state index in [4.69, 9.17) is 21.0 Å². The van der Waals surface area contributed by atoms with Crippen LogP contribution in [-0.2, 0) is 4.79 Å². The summed E-state index contributed by atoms with van der Waals surface area (Å²) in [6, 6.07) is 17.7. The number of aliphatic imine (C=N–C) groups is 1. The van der Waals surface area contributed by atoms with Crippen LogP contribution in [0, 0.1) is 0 Å². The smallest absolute Gasteiger partial charge is 0.417 e. The van der Waals surface area contributed by atoms with Crippen LogP contribution in [0.2, 0.25) is 5.02 Å². The van der Waals surface area contributed by atoms with Crippen LogP contribution >= 0.6 is 11.6 Å². The van der Waals surface area contributed by atoms with E-state index in [2.05, 4.69) is 9.97 Å². The molecular weight excluding hydrogens is 494 g/mol. The molecule has 0 aliphatic carbocycles. The van der Waals surface area contributed by atoms with Crippen molar-refractivity contribution < 1.29 is 14.3 Å². The molecule has 5 aromatic rings. The standard InChI is InChI=1S/C27H24ClN5O4/c1-32(2)14-23(34)33(3)18-8-6-17(7-9-18)29-25(15-4-11-20-22(12-15)37-27(36)31-20)24-19-10-5-16(28)13-21(19)30-26(24)35/h4-13,30,35H,14H2,1-3H3,(H,31,36). The van der Waals surface area contributed by atoms with Crippen molar-refractivity contribution in [3.8, 4) is 5.88 Å². The third-order valence-electron chi connectivity index (χ3n) is 5.98. The lowest BCUT2D eigenvalue weighted by atomic mass is 10.0. The lowest BCUT2D eigenvalue weighted by Gasteiger charge is -2.19. The second kappa shape index (κ2) is 9.61. The normalized spacial score (nSPS) is 12.1. The fourth-order valence-corrected chi connectivity index (χ4v) is 4.33. The SMILES string of the molecule is CN(C)CC(=O)N(C)c1ccc(N=C(c2ccc3[nH]c(=O)oc3c2)c2c(O)[nH]c3cc(Cl)ccc23)cc1. The summed E-state index contributed by atoms with van der Waals surface area (Å²) < 4.78 is 5.26. The number of carbonyl (C=O) groups is 1. The summed E-state index contributed by atoms with van der Waals surface area (Å²) in [4.78, 5) is 38.0. The summed E-state index contributed by atoms with van der Waals surface area (Å²) >= 11 is 6.16. The zero-order valence-electron chi connectivity index (χ0n) is 20.4. The Morgan fingerprint density at radius 2 is 1.76 bits per heavy atom. The van der Waals surface area contributed by atoms with E-state index in [9.17, 15) is 14.7 Å². The first-order valence-electron chi connectivity index (χ1n) is 11.4. The minimum absolute atomic E-state index is 0.0365. The molecule has 37 heavy (non-hydrogen) atoms. The average molecular weight is 518 g/mol. The van der Waals surface area contributed by atoms with Gasteiger partial charge in [-0.15, -0.1) is 0 Å². The predicted octanol–water partition coefficient (Wildman–Crippen LogP) is 4.65. The lowest BCUT2D eigenvalue weighted by Crippen LogP contribution is -2.34. The number of hydrogen-bond acceptors (Lipinski definition) is 6. The van der Waals surface area contributed by atoms with Gasteiger partial charge in [0.15, 0.2) is 11.5 Å².